The molecule has 37 heavy (non-hydrogen) atoms. The molecule has 0 radical (unpaired) electrons. The quantitative estimate of drug-likeness (QED) is 0.225. The van der Waals surface area contributed by atoms with Crippen molar-refractivity contribution in [2.75, 3.05) is 19.2 Å². The van der Waals surface area contributed by atoms with Gasteiger partial charge in [0, 0.05) is 12.6 Å². The average molecular weight is 522 g/mol. The van der Waals surface area contributed by atoms with Gasteiger partial charge in [-0.15, -0.1) is 0 Å². The van der Waals surface area contributed by atoms with Gasteiger partial charge in [-0.2, -0.15) is 0 Å². The van der Waals surface area contributed by atoms with Crippen molar-refractivity contribution < 1.29 is 19.0 Å². The molecule has 0 bridgehead atoms. The van der Waals surface area contributed by atoms with E-state index >= 15 is 0 Å². The topological polar surface area (TPSA) is 91.7 Å². The molecular formula is C28H31N3O5S. The van der Waals surface area contributed by atoms with Gasteiger partial charge in [0.05, 0.1) is 29.0 Å². The number of methoxy groups -OCH3 is 1. The summed E-state index contributed by atoms with van der Waals surface area (Å²) in [5.74, 6) is 1.55. The van der Waals surface area contributed by atoms with Gasteiger partial charge >= 0.3 is 0 Å². The minimum Gasteiger partial charge on any atom is -0.495 e. The Hall–Kier alpha value is -3.46. The summed E-state index contributed by atoms with van der Waals surface area (Å²) in [7, 11) is 1.57. The molecule has 0 saturated heterocycles. The first-order valence-electron chi connectivity index (χ1n) is 12.7. The molecule has 3 aromatic rings. The van der Waals surface area contributed by atoms with Crippen molar-refractivity contribution in [2.45, 2.75) is 62.4 Å². The minimum absolute atomic E-state index is 0.122. The predicted molar refractivity (Wildman–Crippen MR) is 145 cm³/mol. The summed E-state index contributed by atoms with van der Waals surface area (Å²) < 4.78 is 18.1. The van der Waals surface area contributed by atoms with E-state index < -0.39 is 5.25 Å². The number of anilines is 1. The number of nitrogens with zero attached hydrogens (tertiary/aromatic N) is 2. The molecule has 2 aliphatic rings. The lowest BCUT2D eigenvalue weighted by atomic mass is 9.97. The molecule has 0 spiro atoms. The molecule has 1 aromatic heterocycles. The number of carbonyl (C=O) groups is 1. The maximum absolute atomic E-state index is 13.7. The molecule has 5 rings (SSSR count). The van der Waals surface area contributed by atoms with Gasteiger partial charge in [0.1, 0.15) is 5.75 Å². The van der Waals surface area contributed by atoms with Crippen molar-refractivity contribution in [1.29, 1.82) is 0 Å². The summed E-state index contributed by atoms with van der Waals surface area (Å²) in [5, 5.41) is 3.53. The first kappa shape index (κ1) is 25.2. The van der Waals surface area contributed by atoms with Gasteiger partial charge in [0.25, 0.3) is 5.56 Å². The molecule has 0 saturated carbocycles. The molecule has 1 amide bonds. The van der Waals surface area contributed by atoms with E-state index in [1.165, 1.54) is 30.2 Å². The van der Waals surface area contributed by atoms with Gasteiger partial charge in [0.2, 0.25) is 12.7 Å². The van der Waals surface area contributed by atoms with E-state index in [1.54, 1.807) is 35.9 Å². The van der Waals surface area contributed by atoms with Crippen LogP contribution in [0.15, 0.2) is 58.0 Å². The fourth-order valence-electron chi connectivity index (χ4n) is 4.68. The number of ether oxygens (including phenoxy) is 3. The van der Waals surface area contributed by atoms with E-state index in [1.807, 2.05) is 19.1 Å². The second-order valence-electron chi connectivity index (χ2n) is 9.14. The summed E-state index contributed by atoms with van der Waals surface area (Å²) >= 11 is 1.31. The van der Waals surface area contributed by atoms with E-state index in [0.717, 1.165) is 19.3 Å². The van der Waals surface area contributed by atoms with Crippen LogP contribution in [-0.2, 0) is 11.3 Å². The highest BCUT2D eigenvalue weighted by molar-refractivity contribution is 8.00. The summed E-state index contributed by atoms with van der Waals surface area (Å²) in [6, 6.07) is 10.8. The highest BCUT2D eigenvalue weighted by Crippen LogP contribution is 2.36. The van der Waals surface area contributed by atoms with Crippen molar-refractivity contribution in [3.05, 3.63) is 58.4 Å². The molecule has 0 fully saturated rings. The highest BCUT2D eigenvalue weighted by atomic mass is 32.2. The van der Waals surface area contributed by atoms with Crippen LogP contribution in [0.1, 0.15) is 45.4 Å². The molecule has 1 aliphatic heterocycles. The zero-order valence-electron chi connectivity index (χ0n) is 21.1. The number of aromatic nitrogens is 2. The van der Waals surface area contributed by atoms with Crippen LogP contribution in [0.5, 0.6) is 17.2 Å². The maximum atomic E-state index is 13.7. The van der Waals surface area contributed by atoms with Crippen molar-refractivity contribution in [1.82, 2.24) is 9.55 Å². The third kappa shape index (κ3) is 5.46. The molecule has 2 heterocycles. The molecule has 194 valence electrons. The molecule has 2 aromatic carbocycles. The van der Waals surface area contributed by atoms with E-state index in [9.17, 15) is 9.59 Å². The van der Waals surface area contributed by atoms with Gasteiger partial charge in [-0.3, -0.25) is 14.2 Å². The zero-order valence-corrected chi connectivity index (χ0v) is 21.9. The fraction of sp³-hybridized carbons (Fsp3) is 0.393. The standard InChI is InChI=1S/C28H31N3O5S/c1-3-25(26(32)29-20-11-7-8-12-22(20)34-2)37-28-30-21-16-24-23(35-17-36-24)15-19(21)27(33)31(28)14-13-18-9-5-4-6-10-18/h7-9,11-12,15-16,25H,3-6,10,13-14,17H2,1-2H3,(H,29,32). The number of fused-ring (bicyclic) bond motifs is 2. The van der Waals surface area contributed by atoms with Crippen molar-refractivity contribution in [3.8, 4) is 17.2 Å². The number of thioether (sulfide) groups is 1. The zero-order chi connectivity index (χ0) is 25.8. The molecule has 9 heteroatoms. The number of carbonyl (C=O) groups excluding carboxylic acids is 1. The van der Waals surface area contributed by atoms with Crippen molar-refractivity contribution in [3.63, 3.8) is 0 Å². The number of rotatable bonds is 9. The van der Waals surface area contributed by atoms with E-state index in [4.69, 9.17) is 19.2 Å². The molecule has 1 N–H and O–H groups in total. The maximum Gasteiger partial charge on any atom is 0.262 e. The van der Waals surface area contributed by atoms with Crippen LogP contribution in [0.4, 0.5) is 5.69 Å². The Bertz CT molecular complexity index is 1400. The predicted octanol–water partition coefficient (Wildman–Crippen LogP) is 5.53. The van der Waals surface area contributed by atoms with Gasteiger partial charge in [-0.05, 0) is 56.7 Å². The lowest BCUT2D eigenvalue weighted by Gasteiger charge is -2.20. The minimum atomic E-state index is -0.455. The van der Waals surface area contributed by atoms with E-state index in [-0.39, 0.29) is 18.3 Å². The van der Waals surface area contributed by atoms with Crippen LogP contribution in [0, 0.1) is 0 Å². The largest absolute Gasteiger partial charge is 0.495 e. The molecule has 1 unspecified atom stereocenters. The molecule has 1 atom stereocenters. The van der Waals surface area contributed by atoms with Gasteiger partial charge in [0.15, 0.2) is 16.7 Å². The van der Waals surface area contributed by atoms with Gasteiger partial charge < -0.3 is 19.5 Å². The summed E-state index contributed by atoms with van der Waals surface area (Å²) in [4.78, 5) is 31.9. The number of para-hydroxylation sites is 2. The van der Waals surface area contributed by atoms with E-state index in [2.05, 4.69) is 11.4 Å². The molecule has 1 aliphatic carbocycles. The lowest BCUT2D eigenvalue weighted by Crippen LogP contribution is -2.28. The number of amides is 1. The number of nitrogens with one attached hydrogen (secondary N) is 1. The number of hydrogen-bond donors (Lipinski definition) is 1. The molecular weight excluding hydrogens is 490 g/mol. The highest BCUT2D eigenvalue weighted by Gasteiger charge is 2.24. The Morgan fingerprint density at radius 2 is 2.03 bits per heavy atom. The van der Waals surface area contributed by atoms with Crippen LogP contribution in [0.2, 0.25) is 0 Å². The Morgan fingerprint density at radius 1 is 1.22 bits per heavy atom. The SMILES string of the molecule is CCC(Sc1nc2cc3c(cc2c(=O)n1CCC1=CCCCC1)OCO3)C(=O)Nc1ccccc1OC. The van der Waals surface area contributed by atoms with Gasteiger partial charge in [-0.25, -0.2) is 4.98 Å². The summed E-state index contributed by atoms with van der Waals surface area (Å²) in [6.07, 6.45) is 8.20. The van der Waals surface area contributed by atoms with Crippen LogP contribution in [0.25, 0.3) is 10.9 Å². The van der Waals surface area contributed by atoms with Crippen LogP contribution in [0.3, 0.4) is 0 Å². The third-order valence-corrected chi connectivity index (χ3v) is 8.09. The normalized spacial score (nSPS) is 15.4. The lowest BCUT2D eigenvalue weighted by molar-refractivity contribution is -0.115. The van der Waals surface area contributed by atoms with Crippen LogP contribution in [-0.4, -0.2) is 34.6 Å². The van der Waals surface area contributed by atoms with Crippen molar-refractivity contribution >= 4 is 34.3 Å². The Kier molecular flexibility index (Phi) is 7.69. The smallest absolute Gasteiger partial charge is 0.262 e. The number of benzene rings is 2. The third-order valence-electron chi connectivity index (χ3n) is 6.73. The van der Waals surface area contributed by atoms with Gasteiger partial charge in [-0.1, -0.05) is 42.5 Å². The fourth-order valence-corrected chi connectivity index (χ4v) is 5.72. The first-order chi connectivity index (χ1) is 18.1. The average Bonchev–Trinajstić information content (AvgIpc) is 3.38. The second kappa shape index (κ2) is 11.3. The Balaban J connectivity index is 1.48. The number of hydrogen-bond acceptors (Lipinski definition) is 7. The van der Waals surface area contributed by atoms with Crippen LogP contribution >= 0.6 is 11.8 Å². The number of allylic oxidation sites excluding steroid dienone is 2. The first-order valence-corrected chi connectivity index (χ1v) is 13.6. The Morgan fingerprint density at radius 3 is 2.78 bits per heavy atom. The monoisotopic (exact) mass is 521 g/mol. The Labute approximate surface area is 220 Å². The van der Waals surface area contributed by atoms with Crippen molar-refractivity contribution in [2.24, 2.45) is 0 Å². The van der Waals surface area contributed by atoms with E-state index in [0.29, 0.717) is 52.0 Å². The summed E-state index contributed by atoms with van der Waals surface area (Å²) in [6.45, 7) is 2.58. The summed E-state index contributed by atoms with van der Waals surface area (Å²) in [5.41, 5.74) is 2.38. The molecule has 8 nitrogen and oxygen atoms in total. The second-order valence-corrected chi connectivity index (χ2v) is 10.3. The van der Waals surface area contributed by atoms with Crippen LogP contribution < -0.4 is 25.1 Å².